The molecule has 492 valence electrons. The molecule has 0 aliphatic rings. The number of nitrogens with one attached hydrogen (secondary N) is 1. The van der Waals surface area contributed by atoms with Gasteiger partial charge in [0.05, 0.1) is 33.8 Å². The third-order valence-corrected chi connectivity index (χ3v) is 15.8. The Morgan fingerprint density at radius 2 is 0.744 bits per heavy atom. The van der Waals surface area contributed by atoms with Crippen LogP contribution >= 0.6 is 7.82 Å². The summed E-state index contributed by atoms with van der Waals surface area (Å²) in [5.74, 6) is -0.546. The molecule has 0 aromatic heterocycles. The largest absolute Gasteiger partial charge is 0.472 e. The molecule has 9 nitrogen and oxygen atoms in total. The number of carbonyl (C=O) groups is 2. The minimum absolute atomic E-state index is 0.0274. The lowest BCUT2D eigenvalue weighted by Crippen LogP contribution is -2.47. The van der Waals surface area contributed by atoms with Gasteiger partial charge in [-0.05, 0) is 128 Å². The summed E-state index contributed by atoms with van der Waals surface area (Å²) in [7, 11) is 1.46. The first-order chi connectivity index (χ1) is 41.9. The molecule has 0 bridgehead atoms. The van der Waals surface area contributed by atoms with Gasteiger partial charge in [-0.1, -0.05) is 277 Å². The number of ether oxygens (including phenoxy) is 1. The monoisotopic (exact) mass is 1220 g/mol. The third kappa shape index (κ3) is 64.6. The van der Waals surface area contributed by atoms with Crippen molar-refractivity contribution in [3.8, 4) is 0 Å². The molecule has 0 saturated carbocycles. The van der Waals surface area contributed by atoms with Gasteiger partial charge < -0.3 is 19.4 Å². The van der Waals surface area contributed by atoms with E-state index in [2.05, 4.69) is 148 Å². The standard InChI is InChI=1S/C76H131N2O7P/c1-7-10-13-16-19-22-25-28-30-32-34-36-38-39-41-42-44-46-48-50-53-56-59-62-65-68-75(79)77-73(72-84-86(81,82)83-71-70-78(4,5)6)74(67-64-61-58-55-52-27-24-21-18-15-12-9-3)85-76(80)69-66-63-60-57-54-51-49-47-45-43-40-37-35-33-31-29-26-23-20-17-14-11-8-2/h11,14,19-20,22-23,28-31,34-37,39,41,43,45,49,51,64,67,73-74H,7-10,12-13,15-18,21,24-27,32-33,38,40,42,44,46-48,50,52-63,65-66,68-72H2,1-6H3,(H-,77,79,81,82)/p+1/b14-11-,22-19-,23-20-,30-28-,31-29-,36-34-,37-35-,41-39-,45-43-,51-49-,67-64+. The van der Waals surface area contributed by atoms with E-state index >= 15 is 0 Å². The van der Waals surface area contributed by atoms with Crippen LogP contribution in [0.25, 0.3) is 0 Å². The zero-order valence-corrected chi connectivity index (χ0v) is 57.2. The average molecular weight is 1220 g/mol. The van der Waals surface area contributed by atoms with Crippen LogP contribution in [0.1, 0.15) is 284 Å². The van der Waals surface area contributed by atoms with E-state index in [0.717, 1.165) is 135 Å². The van der Waals surface area contributed by atoms with Gasteiger partial charge in [-0.3, -0.25) is 18.6 Å². The zero-order chi connectivity index (χ0) is 62.8. The number of allylic oxidation sites excluding steroid dienone is 21. The topological polar surface area (TPSA) is 111 Å². The molecule has 0 aliphatic carbocycles. The minimum Gasteiger partial charge on any atom is -0.456 e. The average Bonchev–Trinajstić information content (AvgIpc) is 3.69. The lowest BCUT2D eigenvalue weighted by Gasteiger charge is -2.27. The van der Waals surface area contributed by atoms with Crippen molar-refractivity contribution in [2.75, 3.05) is 40.9 Å². The highest BCUT2D eigenvalue weighted by Gasteiger charge is 2.30. The van der Waals surface area contributed by atoms with Crippen LogP contribution in [0, 0.1) is 0 Å². The van der Waals surface area contributed by atoms with Crippen LogP contribution in [-0.4, -0.2) is 74.3 Å². The smallest absolute Gasteiger partial charge is 0.456 e. The Kier molecular flexibility index (Phi) is 61.3. The van der Waals surface area contributed by atoms with Crippen molar-refractivity contribution in [1.29, 1.82) is 0 Å². The predicted molar refractivity (Wildman–Crippen MR) is 373 cm³/mol. The highest BCUT2D eigenvalue weighted by molar-refractivity contribution is 7.47. The predicted octanol–water partition coefficient (Wildman–Crippen LogP) is 22.4. The number of esters is 1. The maximum atomic E-state index is 13.6. The third-order valence-electron chi connectivity index (χ3n) is 14.8. The van der Waals surface area contributed by atoms with Gasteiger partial charge in [0.2, 0.25) is 5.91 Å². The summed E-state index contributed by atoms with van der Waals surface area (Å²) in [4.78, 5) is 37.9. The minimum atomic E-state index is -4.47. The molecule has 0 saturated heterocycles. The van der Waals surface area contributed by atoms with E-state index < -0.39 is 20.0 Å². The number of rotatable bonds is 62. The first-order valence-corrected chi connectivity index (χ1v) is 36.5. The van der Waals surface area contributed by atoms with Gasteiger partial charge in [-0.15, -0.1) is 0 Å². The zero-order valence-electron chi connectivity index (χ0n) is 56.3. The number of quaternary nitrogens is 1. The van der Waals surface area contributed by atoms with Crippen LogP contribution in [0.5, 0.6) is 0 Å². The fourth-order valence-corrected chi connectivity index (χ4v) is 10.2. The molecule has 0 aromatic rings. The number of hydrogen-bond acceptors (Lipinski definition) is 6. The lowest BCUT2D eigenvalue weighted by molar-refractivity contribution is -0.870. The summed E-state index contributed by atoms with van der Waals surface area (Å²) in [6.07, 6.45) is 91.7. The van der Waals surface area contributed by atoms with Gasteiger partial charge >= 0.3 is 13.8 Å². The molecule has 0 radical (unpaired) electrons. The fraction of sp³-hybridized carbons (Fsp3) is 0.684. The van der Waals surface area contributed by atoms with Crippen molar-refractivity contribution < 1.29 is 37.3 Å². The second-order valence-electron chi connectivity index (χ2n) is 24.3. The summed E-state index contributed by atoms with van der Waals surface area (Å²) >= 11 is 0. The summed E-state index contributed by atoms with van der Waals surface area (Å²) in [6.45, 7) is 6.85. The van der Waals surface area contributed by atoms with E-state index in [0.29, 0.717) is 23.9 Å². The Morgan fingerprint density at radius 1 is 0.419 bits per heavy atom. The van der Waals surface area contributed by atoms with E-state index in [-0.39, 0.29) is 31.5 Å². The molecule has 3 unspecified atom stereocenters. The highest BCUT2D eigenvalue weighted by atomic mass is 31.2. The fourth-order valence-electron chi connectivity index (χ4n) is 9.46. The Bertz CT molecular complexity index is 1930. The number of hydrogen-bond donors (Lipinski definition) is 2. The second kappa shape index (κ2) is 64.1. The van der Waals surface area contributed by atoms with Crippen LogP contribution in [-0.2, 0) is 27.9 Å². The Labute approximate surface area is 530 Å². The first-order valence-electron chi connectivity index (χ1n) is 35.0. The molecule has 10 heteroatoms. The lowest BCUT2D eigenvalue weighted by atomic mass is 10.0. The van der Waals surface area contributed by atoms with Crippen molar-refractivity contribution in [3.63, 3.8) is 0 Å². The van der Waals surface area contributed by atoms with E-state index in [4.69, 9.17) is 13.8 Å². The van der Waals surface area contributed by atoms with E-state index in [9.17, 15) is 19.0 Å². The van der Waals surface area contributed by atoms with Crippen molar-refractivity contribution in [2.24, 2.45) is 0 Å². The number of phosphoric ester groups is 1. The number of nitrogens with zero attached hydrogens (tertiary/aromatic N) is 1. The van der Waals surface area contributed by atoms with Crippen LogP contribution in [0.2, 0.25) is 0 Å². The maximum absolute atomic E-state index is 13.6. The van der Waals surface area contributed by atoms with Crippen molar-refractivity contribution in [2.45, 2.75) is 296 Å². The van der Waals surface area contributed by atoms with Gasteiger partial charge in [0.25, 0.3) is 0 Å². The summed E-state index contributed by atoms with van der Waals surface area (Å²) in [6, 6.07) is -0.873. The molecule has 0 spiro atoms. The van der Waals surface area contributed by atoms with Crippen LogP contribution < -0.4 is 5.32 Å². The normalized spacial score (nSPS) is 14.4. The van der Waals surface area contributed by atoms with Gasteiger partial charge in [-0.25, -0.2) is 4.57 Å². The summed E-state index contributed by atoms with van der Waals surface area (Å²) < 4.78 is 30.8. The van der Waals surface area contributed by atoms with E-state index in [1.807, 2.05) is 33.3 Å². The quantitative estimate of drug-likeness (QED) is 0.0205. The molecule has 0 aliphatic heterocycles. The number of likely N-dealkylation sites (N-methyl/N-ethyl adjacent to an activating group) is 1. The number of amides is 1. The van der Waals surface area contributed by atoms with E-state index in [1.165, 1.54) is 109 Å². The van der Waals surface area contributed by atoms with Crippen molar-refractivity contribution in [3.05, 3.63) is 134 Å². The number of unbranched alkanes of at least 4 members (excludes halogenated alkanes) is 26. The number of carbonyl (C=O) groups excluding carboxylic acids is 2. The highest BCUT2D eigenvalue weighted by Crippen LogP contribution is 2.43. The molecule has 0 fully saturated rings. The first kappa shape index (κ1) is 82.1. The second-order valence-corrected chi connectivity index (χ2v) is 25.8. The Hall–Kier alpha value is -3.85. The molecular formula is C76H132N2O7P+. The SMILES string of the molecule is CC/C=C\C/C=C\C/C=C\C/C=C\C/C=C\C/C=C\CCCCCCC(=O)OC(/C=C/CCCCCCCCCCCC)C(COP(=O)(O)OCC[N+](C)(C)C)NC(=O)CCCCCCCCCCC/C=C\C/C=C\C/C=C\C/C=C\CCCCC. The molecule has 86 heavy (non-hydrogen) atoms. The molecular weight excluding hydrogens is 1080 g/mol. The molecule has 2 N–H and O–H groups in total. The van der Waals surface area contributed by atoms with Gasteiger partial charge in [-0.2, -0.15) is 0 Å². The summed E-state index contributed by atoms with van der Waals surface area (Å²) in [5.41, 5.74) is 0. The summed E-state index contributed by atoms with van der Waals surface area (Å²) in [5, 5.41) is 3.06. The molecule has 0 heterocycles. The van der Waals surface area contributed by atoms with Gasteiger partial charge in [0, 0.05) is 12.8 Å². The van der Waals surface area contributed by atoms with Gasteiger partial charge in [0.1, 0.15) is 19.3 Å². The number of phosphoric acid groups is 1. The molecule has 0 rings (SSSR count). The van der Waals surface area contributed by atoms with Crippen LogP contribution in [0.4, 0.5) is 0 Å². The van der Waals surface area contributed by atoms with E-state index in [1.54, 1.807) is 0 Å². The molecule has 3 atom stereocenters. The molecule has 1 amide bonds. The van der Waals surface area contributed by atoms with Crippen LogP contribution in [0.15, 0.2) is 134 Å². The van der Waals surface area contributed by atoms with Crippen molar-refractivity contribution in [1.82, 2.24) is 5.32 Å². The van der Waals surface area contributed by atoms with Gasteiger partial charge in [0.15, 0.2) is 0 Å². The maximum Gasteiger partial charge on any atom is 0.472 e. The Morgan fingerprint density at radius 3 is 1.14 bits per heavy atom. The van der Waals surface area contributed by atoms with Crippen molar-refractivity contribution >= 4 is 19.7 Å². The van der Waals surface area contributed by atoms with Crippen LogP contribution in [0.3, 0.4) is 0 Å². The Balaban J connectivity index is 5.18. The molecule has 0 aromatic carbocycles.